The number of ether oxygens (including phenoxy) is 1. The van der Waals surface area contributed by atoms with Crippen LogP contribution >= 0.6 is 0 Å². The zero-order valence-electron chi connectivity index (χ0n) is 13.0. The number of nitrogens with one attached hydrogen (secondary N) is 1. The molecule has 1 saturated heterocycles. The van der Waals surface area contributed by atoms with E-state index in [1.165, 1.54) is 0 Å². The van der Waals surface area contributed by atoms with Crippen LogP contribution in [0.25, 0.3) is 11.2 Å². The highest BCUT2D eigenvalue weighted by Crippen LogP contribution is 2.31. The number of nitrogens with two attached hydrogens (primary N) is 1. The smallest absolute Gasteiger partial charge is 0.249 e. The van der Waals surface area contributed by atoms with Crippen molar-refractivity contribution in [1.82, 2.24) is 24.8 Å². The van der Waals surface area contributed by atoms with Gasteiger partial charge in [0, 0.05) is 6.54 Å². The van der Waals surface area contributed by atoms with Gasteiger partial charge in [-0.25, -0.2) is 15.0 Å². The van der Waals surface area contributed by atoms with Crippen molar-refractivity contribution in [2.75, 3.05) is 12.3 Å². The molecule has 0 unspecified atom stereocenters. The average Bonchev–Trinajstić information content (AvgIpc) is 3.14. The molecule has 1 amide bonds. The summed E-state index contributed by atoms with van der Waals surface area (Å²) in [6, 6.07) is 0. The molecule has 0 spiro atoms. The number of aromatic nitrogens is 4. The monoisotopic (exact) mass is 314 g/mol. The third kappa shape index (κ3) is 2.83. The number of hydrogen-bond acceptors (Lipinski definition) is 6. The largest absolute Gasteiger partial charge is 0.382 e. The van der Waals surface area contributed by atoms with Gasteiger partial charge in [0.15, 0.2) is 11.5 Å². The Morgan fingerprint density at radius 2 is 2.35 bits per heavy atom. The van der Waals surface area contributed by atoms with E-state index >= 15 is 0 Å². The van der Waals surface area contributed by atoms with Crippen LogP contribution in [-0.4, -0.2) is 38.1 Å². The summed E-state index contributed by atoms with van der Waals surface area (Å²) in [6.07, 6.45) is 2.21. The maximum absolute atomic E-state index is 11.9. The van der Waals surface area contributed by atoms with Gasteiger partial charge in [-0.2, -0.15) is 0 Å². The Balaban J connectivity index is 1.91. The third-order valence-corrected chi connectivity index (χ3v) is 3.64. The van der Waals surface area contributed by atoms with Gasteiger partial charge in [-0.05, 0) is 32.6 Å². The molecule has 0 aliphatic carbocycles. The molecule has 0 aromatic carbocycles. The number of hydrogen-bond donors (Lipinski definition) is 2. The van der Waals surface area contributed by atoms with Gasteiger partial charge in [0.05, 0.1) is 6.33 Å². The summed E-state index contributed by atoms with van der Waals surface area (Å²) in [4.78, 5) is 24.6. The Bertz CT molecular complexity index is 803. The molecule has 0 saturated carbocycles. The maximum Gasteiger partial charge on any atom is 0.249 e. The fourth-order valence-electron chi connectivity index (χ4n) is 2.62. The van der Waals surface area contributed by atoms with Gasteiger partial charge in [-0.3, -0.25) is 9.36 Å². The fraction of sp³-hybridized carbons (Fsp3) is 0.467. The van der Waals surface area contributed by atoms with E-state index in [0.29, 0.717) is 36.4 Å². The van der Waals surface area contributed by atoms with Gasteiger partial charge in [0.2, 0.25) is 11.7 Å². The molecular formula is C15H18N6O2. The lowest BCUT2D eigenvalue weighted by Gasteiger charge is -2.14. The second-order valence-corrected chi connectivity index (χ2v) is 5.18. The van der Waals surface area contributed by atoms with E-state index in [1.807, 2.05) is 6.92 Å². The SMILES string of the molecule is CC#Cc1nc(N)c2ncn([C@H]3CC[C@@H](C(=O)NCC)O3)c2n1. The minimum Gasteiger partial charge on any atom is -0.382 e. The predicted molar refractivity (Wildman–Crippen MR) is 84.1 cm³/mol. The van der Waals surface area contributed by atoms with Crippen molar-refractivity contribution in [3.05, 3.63) is 12.2 Å². The van der Waals surface area contributed by atoms with Gasteiger partial charge < -0.3 is 15.8 Å². The Morgan fingerprint density at radius 1 is 1.52 bits per heavy atom. The standard InChI is InChI=1S/C15H18N6O2/c1-3-5-10-19-13(16)12-14(20-10)21(8-18-12)11-7-6-9(23-11)15(22)17-4-2/h8-9,11H,4,6-7H2,1-2H3,(H,17,22)(H2,16,19,20)/t9-,11+/m0/s1. The molecule has 3 rings (SSSR count). The molecule has 0 radical (unpaired) electrons. The van der Waals surface area contributed by atoms with Crippen molar-refractivity contribution in [2.45, 2.75) is 39.0 Å². The van der Waals surface area contributed by atoms with Crippen LogP contribution in [0.5, 0.6) is 0 Å². The zero-order valence-corrected chi connectivity index (χ0v) is 13.0. The average molecular weight is 314 g/mol. The lowest BCUT2D eigenvalue weighted by atomic mass is 10.2. The molecule has 0 bridgehead atoms. The van der Waals surface area contributed by atoms with Gasteiger partial charge >= 0.3 is 0 Å². The van der Waals surface area contributed by atoms with Crippen molar-refractivity contribution in [2.24, 2.45) is 0 Å². The number of amides is 1. The second-order valence-electron chi connectivity index (χ2n) is 5.18. The minimum atomic E-state index is -0.452. The molecule has 8 nitrogen and oxygen atoms in total. The van der Waals surface area contributed by atoms with Crippen LogP contribution in [-0.2, 0) is 9.53 Å². The maximum atomic E-state index is 11.9. The van der Waals surface area contributed by atoms with E-state index in [2.05, 4.69) is 32.1 Å². The number of likely N-dealkylation sites (N-methyl/N-ethyl adjacent to an activating group) is 1. The van der Waals surface area contributed by atoms with Gasteiger partial charge in [0.1, 0.15) is 17.8 Å². The summed E-state index contributed by atoms with van der Waals surface area (Å²) in [5.74, 6) is 6.08. The Morgan fingerprint density at radius 3 is 3.09 bits per heavy atom. The minimum absolute atomic E-state index is 0.0916. The molecule has 2 atom stereocenters. The summed E-state index contributed by atoms with van der Waals surface area (Å²) in [5.41, 5.74) is 6.99. The first kappa shape index (κ1) is 15.2. The van der Waals surface area contributed by atoms with Crippen LogP contribution in [0.4, 0.5) is 5.82 Å². The van der Waals surface area contributed by atoms with Crippen molar-refractivity contribution in [3.63, 3.8) is 0 Å². The highest BCUT2D eigenvalue weighted by atomic mass is 16.5. The predicted octanol–water partition coefficient (Wildman–Crippen LogP) is 0.594. The zero-order chi connectivity index (χ0) is 16.4. The van der Waals surface area contributed by atoms with Crippen LogP contribution < -0.4 is 11.1 Å². The Kier molecular flexibility index (Phi) is 4.12. The normalized spacial score (nSPS) is 20.3. The van der Waals surface area contributed by atoms with Crippen LogP contribution in [0.2, 0.25) is 0 Å². The van der Waals surface area contributed by atoms with Crippen molar-refractivity contribution >= 4 is 22.9 Å². The highest BCUT2D eigenvalue weighted by Gasteiger charge is 2.32. The number of carbonyl (C=O) groups excluding carboxylic acids is 1. The Hall–Kier alpha value is -2.66. The lowest BCUT2D eigenvalue weighted by molar-refractivity contribution is -0.133. The van der Waals surface area contributed by atoms with E-state index in [9.17, 15) is 4.79 Å². The molecule has 3 heterocycles. The summed E-state index contributed by atoms with van der Waals surface area (Å²) < 4.78 is 7.63. The third-order valence-electron chi connectivity index (χ3n) is 3.64. The van der Waals surface area contributed by atoms with Crippen LogP contribution in [0.15, 0.2) is 6.33 Å². The highest BCUT2D eigenvalue weighted by molar-refractivity contribution is 5.82. The van der Waals surface area contributed by atoms with E-state index in [4.69, 9.17) is 10.5 Å². The summed E-state index contributed by atoms with van der Waals surface area (Å²) in [7, 11) is 0. The first-order chi connectivity index (χ1) is 11.1. The molecule has 120 valence electrons. The molecule has 8 heteroatoms. The fourth-order valence-corrected chi connectivity index (χ4v) is 2.62. The summed E-state index contributed by atoms with van der Waals surface area (Å²) in [6.45, 7) is 4.17. The molecular weight excluding hydrogens is 296 g/mol. The molecule has 1 aliphatic heterocycles. The number of imidazole rings is 1. The first-order valence-electron chi connectivity index (χ1n) is 7.50. The van der Waals surface area contributed by atoms with E-state index < -0.39 is 6.10 Å². The topological polar surface area (TPSA) is 108 Å². The van der Waals surface area contributed by atoms with E-state index in [-0.39, 0.29) is 18.0 Å². The molecule has 2 aromatic rings. The van der Waals surface area contributed by atoms with E-state index in [0.717, 1.165) is 0 Å². The number of nitrogen functional groups attached to an aromatic ring is 1. The van der Waals surface area contributed by atoms with Crippen molar-refractivity contribution < 1.29 is 9.53 Å². The lowest BCUT2D eigenvalue weighted by Crippen LogP contribution is -2.34. The molecule has 3 N–H and O–H groups in total. The number of rotatable bonds is 3. The molecule has 23 heavy (non-hydrogen) atoms. The first-order valence-corrected chi connectivity index (χ1v) is 7.50. The number of anilines is 1. The van der Waals surface area contributed by atoms with Gasteiger partial charge in [-0.1, -0.05) is 5.92 Å². The Labute approximate surface area is 133 Å². The van der Waals surface area contributed by atoms with Crippen LogP contribution in [0, 0.1) is 11.8 Å². The van der Waals surface area contributed by atoms with Crippen LogP contribution in [0.1, 0.15) is 38.7 Å². The quantitative estimate of drug-likeness (QED) is 0.803. The summed E-state index contributed by atoms with van der Waals surface area (Å²) in [5, 5.41) is 2.77. The molecule has 2 aromatic heterocycles. The summed E-state index contributed by atoms with van der Waals surface area (Å²) >= 11 is 0. The van der Waals surface area contributed by atoms with Crippen LogP contribution in [0.3, 0.4) is 0 Å². The second kappa shape index (κ2) is 6.22. The number of nitrogens with zero attached hydrogens (tertiary/aromatic N) is 4. The van der Waals surface area contributed by atoms with Crippen molar-refractivity contribution in [1.29, 1.82) is 0 Å². The molecule has 1 aliphatic rings. The van der Waals surface area contributed by atoms with Crippen molar-refractivity contribution in [3.8, 4) is 11.8 Å². The van der Waals surface area contributed by atoms with E-state index in [1.54, 1.807) is 17.8 Å². The molecule has 1 fully saturated rings. The van der Waals surface area contributed by atoms with Gasteiger partial charge in [0.25, 0.3) is 0 Å². The number of fused-ring (bicyclic) bond motifs is 1. The van der Waals surface area contributed by atoms with Gasteiger partial charge in [-0.15, -0.1) is 0 Å². The number of carbonyl (C=O) groups is 1.